The van der Waals surface area contributed by atoms with Gasteiger partial charge in [0.1, 0.15) is 5.01 Å². The highest BCUT2D eigenvalue weighted by Gasteiger charge is 2.20. The molecule has 114 valence electrons. The SMILES string of the molecule is CCc1nn2c(=O)cc(CN3CCOC(CN)C3)nc2s1. The van der Waals surface area contributed by atoms with E-state index in [1.165, 1.54) is 15.9 Å². The van der Waals surface area contributed by atoms with Crippen molar-refractivity contribution in [2.75, 3.05) is 26.2 Å². The zero-order valence-electron chi connectivity index (χ0n) is 12.0. The van der Waals surface area contributed by atoms with E-state index in [4.69, 9.17) is 10.5 Å². The van der Waals surface area contributed by atoms with Crippen LogP contribution in [0.1, 0.15) is 17.6 Å². The lowest BCUT2D eigenvalue weighted by molar-refractivity contribution is -0.0264. The van der Waals surface area contributed by atoms with Crippen molar-refractivity contribution in [2.45, 2.75) is 26.0 Å². The Morgan fingerprint density at radius 2 is 2.43 bits per heavy atom. The summed E-state index contributed by atoms with van der Waals surface area (Å²) in [5, 5.41) is 5.18. The minimum atomic E-state index is -0.116. The molecule has 3 rings (SSSR count). The molecule has 1 aliphatic rings. The lowest BCUT2D eigenvalue weighted by atomic mass is 10.2. The monoisotopic (exact) mass is 309 g/mol. The first-order valence-corrected chi connectivity index (χ1v) is 7.94. The Balaban J connectivity index is 1.82. The van der Waals surface area contributed by atoms with E-state index in [2.05, 4.69) is 15.0 Å². The Kier molecular flexibility index (Phi) is 4.29. The number of aromatic nitrogens is 3. The van der Waals surface area contributed by atoms with Gasteiger partial charge < -0.3 is 10.5 Å². The molecule has 0 aromatic carbocycles. The van der Waals surface area contributed by atoms with Crippen molar-refractivity contribution in [2.24, 2.45) is 5.73 Å². The molecule has 0 spiro atoms. The second-order valence-electron chi connectivity index (χ2n) is 5.09. The first-order chi connectivity index (χ1) is 10.2. The number of rotatable bonds is 4. The van der Waals surface area contributed by atoms with Gasteiger partial charge in [-0.2, -0.15) is 9.61 Å². The van der Waals surface area contributed by atoms with Gasteiger partial charge in [-0.15, -0.1) is 0 Å². The third-order valence-corrected chi connectivity index (χ3v) is 4.57. The van der Waals surface area contributed by atoms with Gasteiger partial charge in [0.15, 0.2) is 0 Å². The van der Waals surface area contributed by atoms with E-state index in [1.807, 2.05) is 6.92 Å². The number of fused-ring (bicyclic) bond motifs is 1. The van der Waals surface area contributed by atoms with Crippen LogP contribution in [-0.4, -0.2) is 51.8 Å². The van der Waals surface area contributed by atoms with Crippen molar-refractivity contribution in [3.8, 4) is 0 Å². The maximum atomic E-state index is 12.1. The molecule has 0 saturated carbocycles. The molecule has 0 bridgehead atoms. The Hall–Kier alpha value is -1.35. The number of hydrogen-bond donors (Lipinski definition) is 1. The quantitative estimate of drug-likeness (QED) is 0.847. The van der Waals surface area contributed by atoms with Crippen LogP contribution in [0.5, 0.6) is 0 Å². The van der Waals surface area contributed by atoms with E-state index in [0.717, 1.165) is 30.2 Å². The van der Waals surface area contributed by atoms with E-state index < -0.39 is 0 Å². The second kappa shape index (κ2) is 6.18. The van der Waals surface area contributed by atoms with Gasteiger partial charge >= 0.3 is 0 Å². The average Bonchev–Trinajstić information content (AvgIpc) is 2.91. The zero-order chi connectivity index (χ0) is 14.8. The predicted octanol–water partition coefficient (Wildman–Crippen LogP) is -0.127. The molecule has 2 N–H and O–H groups in total. The standard InChI is InChI=1S/C13H19N5O2S/c1-2-11-16-18-12(19)5-9(15-13(18)21-11)7-17-3-4-20-10(6-14)8-17/h5,10H,2-4,6-8,14H2,1H3. The molecule has 2 aromatic heterocycles. The van der Waals surface area contributed by atoms with E-state index in [-0.39, 0.29) is 11.7 Å². The van der Waals surface area contributed by atoms with Crippen LogP contribution in [0.4, 0.5) is 0 Å². The maximum Gasteiger partial charge on any atom is 0.275 e. The fourth-order valence-corrected chi connectivity index (χ4v) is 3.27. The minimum absolute atomic E-state index is 0.0682. The molecule has 1 fully saturated rings. The van der Waals surface area contributed by atoms with Crippen LogP contribution in [-0.2, 0) is 17.7 Å². The van der Waals surface area contributed by atoms with Crippen molar-refractivity contribution in [1.82, 2.24) is 19.5 Å². The number of hydrogen-bond acceptors (Lipinski definition) is 7. The fraction of sp³-hybridized carbons (Fsp3) is 0.615. The summed E-state index contributed by atoms with van der Waals surface area (Å²) < 4.78 is 6.93. The molecule has 1 aliphatic heterocycles. The Morgan fingerprint density at radius 1 is 1.57 bits per heavy atom. The minimum Gasteiger partial charge on any atom is -0.374 e. The van der Waals surface area contributed by atoms with Gasteiger partial charge in [0.2, 0.25) is 4.96 Å². The lowest BCUT2D eigenvalue weighted by Gasteiger charge is -2.31. The Labute approximate surface area is 126 Å². The molecule has 0 amide bonds. The van der Waals surface area contributed by atoms with Crippen LogP contribution in [0, 0.1) is 0 Å². The van der Waals surface area contributed by atoms with Crippen molar-refractivity contribution in [3.63, 3.8) is 0 Å². The van der Waals surface area contributed by atoms with Crippen molar-refractivity contribution in [1.29, 1.82) is 0 Å². The van der Waals surface area contributed by atoms with Gasteiger partial charge in [-0.3, -0.25) is 9.69 Å². The van der Waals surface area contributed by atoms with Crippen LogP contribution in [0.2, 0.25) is 0 Å². The van der Waals surface area contributed by atoms with Gasteiger partial charge in [-0.1, -0.05) is 18.3 Å². The molecule has 2 aromatic rings. The molecule has 1 atom stereocenters. The predicted molar refractivity (Wildman–Crippen MR) is 80.6 cm³/mol. The largest absolute Gasteiger partial charge is 0.374 e. The first-order valence-electron chi connectivity index (χ1n) is 7.12. The maximum absolute atomic E-state index is 12.1. The lowest BCUT2D eigenvalue weighted by Crippen LogP contribution is -2.45. The smallest absolute Gasteiger partial charge is 0.275 e. The van der Waals surface area contributed by atoms with E-state index >= 15 is 0 Å². The van der Waals surface area contributed by atoms with Crippen LogP contribution >= 0.6 is 11.3 Å². The number of aryl methyl sites for hydroxylation is 1. The third-order valence-electron chi connectivity index (χ3n) is 3.51. The molecule has 1 saturated heterocycles. The Bertz CT molecular complexity index is 683. The summed E-state index contributed by atoms with van der Waals surface area (Å²) in [5.74, 6) is 0. The fourth-order valence-electron chi connectivity index (χ4n) is 2.42. The summed E-state index contributed by atoms with van der Waals surface area (Å²) >= 11 is 1.47. The van der Waals surface area contributed by atoms with Crippen molar-refractivity contribution in [3.05, 3.63) is 27.1 Å². The first kappa shape index (κ1) is 14.6. The van der Waals surface area contributed by atoms with E-state index in [1.54, 1.807) is 6.07 Å². The van der Waals surface area contributed by atoms with Gasteiger partial charge in [-0.05, 0) is 6.42 Å². The number of nitrogens with zero attached hydrogens (tertiary/aromatic N) is 4. The van der Waals surface area contributed by atoms with Crippen LogP contribution in [0.3, 0.4) is 0 Å². The van der Waals surface area contributed by atoms with Gasteiger partial charge in [0.05, 0.1) is 18.4 Å². The van der Waals surface area contributed by atoms with Gasteiger partial charge in [-0.25, -0.2) is 4.98 Å². The average molecular weight is 309 g/mol. The van der Waals surface area contributed by atoms with Crippen molar-refractivity contribution >= 4 is 16.3 Å². The molecule has 21 heavy (non-hydrogen) atoms. The molecular formula is C13H19N5O2S. The highest BCUT2D eigenvalue weighted by molar-refractivity contribution is 7.16. The highest BCUT2D eigenvalue weighted by Crippen LogP contribution is 2.13. The summed E-state index contributed by atoms with van der Waals surface area (Å²) in [7, 11) is 0. The summed E-state index contributed by atoms with van der Waals surface area (Å²) in [5.41, 5.74) is 6.31. The molecular weight excluding hydrogens is 290 g/mol. The number of ether oxygens (including phenoxy) is 1. The van der Waals surface area contributed by atoms with E-state index in [9.17, 15) is 4.79 Å². The number of morpholine rings is 1. The molecule has 7 nitrogen and oxygen atoms in total. The van der Waals surface area contributed by atoms with Gasteiger partial charge in [0.25, 0.3) is 5.56 Å². The normalized spacial score (nSPS) is 20.2. The topological polar surface area (TPSA) is 85.8 Å². The number of nitrogens with two attached hydrogens (primary N) is 1. The molecule has 1 unspecified atom stereocenters. The summed E-state index contributed by atoms with van der Waals surface area (Å²) in [6.07, 6.45) is 0.878. The Morgan fingerprint density at radius 3 is 3.19 bits per heavy atom. The summed E-state index contributed by atoms with van der Waals surface area (Å²) in [4.78, 5) is 19.5. The van der Waals surface area contributed by atoms with Crippen molar-refractivity contribution < 1.29 is 4.74 Å². The molecule has 3 heterocycles. The van der Waals surface area contributed by atoms with Crippen LogP contribution < -0.4 is 11.3 Å². The van der Waals surface area contributed by atoms with Gasteiger partial charge in [0, 0.05) is 32.2 Å². The van der Waals surface area contributed by atoms with Crippen LogP contribution in [0.25, 0.3) is 4.96 Å². The molecule has 8 heteroatoms. The third kappa shape index (κ3) is 3.13. The van der Waals surface area contributed by atoms with E-state index in [0.29, 0.717) is 24.7 Å². The van der Waals surface area contributed by atoms with Crippen LogP contribution in [0.15, 0.2) is 10.9 Å². The molecule has 0 radical (unpaired) electrons. The second-order valence-corrected chi connectivity index (χ2v) is 6.13. The molecule has 0 aliphatic carbocycles. The highest BCUT2D eigenvalue weighted by atomic mass is 32.1. The summed E-state index contributed by atoms with van der Waals surface area (Å²) in [6.45, 7) is 5.46. The zero-order valence-corrected chi connectivity index (χ0v) is 12.8. The summed E-state index contributed by atoms with van der Waals surface area (Å²) in [6, 6.07) is 1.57.